The Balaban J connectivity index is 1.49. The first-order chi connectivity index (χ1) is 10.3. The average molecular weight is 349 g/mol. The summed E-state index contributed by atoms with van der Waals surface area (Å²) in [6, 6.07) is 12.1. The fraction of sp³-hybridized carbons (Fsp3) is 0.312. The highest BCUT2D eigenvalue weighted by Gasteiger charge is 2.11. The number of ether oxygens (including phenoxy) is 2. The Labute approximate surface area is 132 Å². The monoisotopic (exact) mass is 348 g/mol. The van der Waals surface area contributed by atoms with E-state index in [1.807, 2.05) is 24.3 Å². The van der Waals surface area contributed by atoms with Crippen LogP contribution in [0.3, 0.4) is 0 Å². The maximum absolute atomic E-state index is 5.59. The summed E-state index contributed by atoms with van der Waals surface area (Å²) in [4.78, 5) is 4.39. The molecule has 0 bridgehead atoms. The van der Waals surface area contributed by atoms with E-state index in [-0.39, 0.29) is 0 Å². The average Bonchev–Trinajstić information content (AvgIpc) is 2.51. The third kappa shape index (κ3) is 3.95. The van der Waals surface area contributed by atoms with Gasteiger partial charge in [-0.2, -0.15) is 0 Å². The van der Waals surface area contributed by atoms with Gasteiger partial charge in [0, 0.05) is 6.54 Å². The second-order valence-corrected chi connectivity index (χ2v) is 5.67. The van der Waals surface area contributed by atoms with Crippen molar-refractivity contribution in [3.63, 3.8) is 0 Å². The summed E-state index contributed by atoms with van der Waals surface area (Å²) in [6.07, 6.45) is 0.949. The number of rotatable bonds is 5. The lowest BCUT2D eigenvalue weighted by Gasteiger charge is -2.18. The summed E-state index contributed by atoms with van der Waals surface area (Å²) < 4.78 is 12.0. The highest BCUT2D eigenvalue weighted by molar-refractivity contribution is 9.10. The van der Waals surface area contributed by atoms with E-state index in [2.05, 4.69) is 38.4 Å². The molecule has 0 atom stereocenters. The summed E-state index contributed by atoms with van der Waals surface area (Å²) in [5.74, 6) is 1.70. The predicted octanol–water partition coefficient (Wildman–Crippen LogP) is 2.95. The molecule has 0 spiro atoms. The van der Waals surface area contributed by atoms with Crippen molar-refractivity contribution in [1.29, 1.82) is 0 Å². The van der Waals surface area contributed by atoms with Gasteiger partial charge in [0.05, 0.1) is 5.69 Å². The lowest BCUT2D eigenvalue weighted by Crippen LogP contribution is -2.18. The van der Waals surface area contributed by atoms with Crippen LogP contribution in [-0.2, 0) is 13.0 Å². The zero-order valence-electron chi connectivity index (χ0n) is 11.6. The van der Waals surface area contributed by atoms with E-state index in [1.54, 1.807) is 0 Å². The number of aromatic nitrogens is 1. The molecule has 0 saturated carbocycles. The van der Waals surface area contributed by atoms with Gasteiger partial charge in [0.2, 0.25) is 0 Å². The molecule has 1 aliphatic heterocycles. The van der Waals surface area contributed by atoms with Crippen molar-refractivity contribution in [2.75, 3.05) is 19.8 Å². The van der Waals surface area contributed by atoms with E-state index in [0.29, 0.717) is 13.2 Å². The minimum absolute atomic E-state index is 0.628. The normalized spacial score (nSPS) is 13.2. The Hall–Kier alpha value is -1.59. The molecule has 1 N–H and O–H groups in total. The van der Waals surface area contributed by atoms with Crippen molar-refractivity contribution >= 4 is 15.9 Å². The quantitative estimate of drug-likeness (QED) is 0.666. The van der Waals surface area contributed by atoms with Crippen LogP contribution in [0.1, 0.15) is 11.3 Å². The molecule has 3 rings (SSSR count). The summed E-state index contributed by atoms with van der Waals surface area (Å²) in [5.41, 5.74) is 2.28. The molecular formula is C16H17BrN2O2. The third-order valence-corrected chi connectivity index (χ3v) is 3.72. The van der Waals surface area contributed by atoms with Crippen LogP contribution in [0.25, 0.3) is 0 Å². The first kappa shape index (κ1) is 14.4. The number of nitrogens with zero attached hydrogens (tertiary/aromatic N) is 1. The van der Waals surface area contributed by atoms with Gasteiger partial charge in [-0.15, -0.1) is 0 Å². The molecule has 5 heteroatoms. The molecule has 1 aliphatic rings. The predicted molar refractivity (Wildman–Crippen MR) is 84.8 cm³/mol. The van der Waals surface area contributed by atoms with E-state index in [0.717, 1.165) is 41.3 Å². The third-order valence-electron chi connectivity index (χ3n) is 3.28. The molecule has 2 aromatic rings. The Kier molecular flexibility index (Phi) is 4.72. The van der Waals surface area contributed by atoms with Gasteiger partial charge in [-0.25, -0.2) is 4.98 Å². The summed E-state index contributed by atoms with van der Waals surface area (Å²) in [6.45, 7) is 2.93. The van der Waals surface area contributed by atoms with Crippen LogP contribution < -0.4 is 14.8 Å². The number of benzene rings is 1. The Morgan fingerprint density at radius 2 is 1.95 bits per heavy atom. The highest BCUT2D eigenvalue weighted by Crippen LogP contribution is 2.30. The Bertz CT molecular complexity index is 619. The molecule has 1 aromatic carbocycles. The van der Waals surface area contributed by atoms with Crippen molar-refractivity contribution in [3.05, 3.63) is 52.3 Å². The van der Waals surface area contributed by atoms with Crippen LogP contribution in [0.15, 0.2) is 41.0 Å². The lowest BCUT2D eigenvalue weighted by atomic mass is 10.1. The second-order valence-electron chi connectivity index (χ2n) is 4.86. The van der Waals surface area contributed by atoms with Crippen LogP contribution in [0.5, 0.6) is 11.5 Å². The molecule has 0 unspecified atom stereocenters. The van der Waals surface area contributed by atoms with Gasteiger partial charge < -0.3 is 14.8 Å². The summed E-state index contributed by atoms with van der Waals surface area (Å²) in [5, 5.41) is 3.40. The number of nitrogens with one attached hydrogen (secondary N) is 1. The van der Waals surface area contributed by atoms with Gasteiger partial charge in [0.25, 0.3) is 0 Å². The molecule has 0 aliphatic carbocycles. The topological polar surface area (TPSA) is 43.4 Å². The van der Waals surface area contributed by atoms with E-state index in [1.165, 1.54) is 5.56 Å². The first-order valence-corrected chi connectivity index (χ1v) is 7.81. The van der Waals surface area contributed by atoms with Crippen LogP contribution >= 0.6 is 15.9 Å². The van der Waals surface area contributed by atoms with Gasteiger partial charge in [-0.1, -0.05) is 12.1 Å². The second kappa shape index (κ2) is 6.91. The van der Waals surface area contributed by atoms with Crippen molar-refractivity contribution in [2.24, 2.45) is 0 Å². The molecule has 0 fully saturated rings. The van der Waals surface area contributed by atoms with Crippen LogP contribution in [-0.4, -0.2) is 24.7 Å². The standard InChI is InChI=1S/C16H17BrN2O2/c17-16-3-1-2-13(19-16)11-18-7-6-12-4-5-14-15(10-12)21-9-8-20-14/h1-5,10,18H,6-9,11H2. The van der Waals surface area contributed by atoms with Crippen molar-refractivity contribution < 1.29 is 9.47 Å². The van der Waals surface area contributed by atoms with E-state index >= 15 is 0 Å². The molecule has 1 aromatic heterocycles. The zero-order valence-corrected chi connectivity index (χ0v) is 13.2. The number of hydrogen-bond acceptors (Lipinski definition) is 4. The van der Waals surface area contributed by atoms with E-state index in [9.17, 15) is 0 Å². The van der Waals surface area contributed by atoms with E-state index < -0.39 is 0 Å². The van der Waals surface area contributed by atoms with Crippen LogP contribution in [0, 0.1) is 0 Å². The van der Waals surface area contributed by atoms with Gasteiger partial charge >= 0.3 is 0 Å². The van der Waals surface area contributed by atoms with E-state index in [4.69, 9.17) is 9.47 Å². The lowest BCUT2D eigenvalue weighted by molar-refractivity contribution is 0.171. The fourth-order valence-electron chi connectivity index (χ4n) is 2.24. The molecule has 0 radical (unpaired) electrons. The number of halogens is 1. The maximum Gasteiger partial charge on any atom is 0.161 e. The number of fused-ring (bicyclic) bond motifs is 1. The van der Waals surface area contributed by atoms with Gasteiger partial charge in [0.1, 0.15) is 17.8 Å². The molecule has 110 valence electrons. The van der Waals surface area contributed by atoms with Crippen molar-refractivity contribution in [3.8, 4) is 11.5 Å². The number of hydrogen-bond donors (Lipinski definition) is 1. The zero-order chi connectivity index (χ0) is 14.5. The molecule has 0 amide bonds. The van der Waals surface area contributed by atoms with Gasteiger partial charge in [-0.3, -0.25) is 0 Å². The van der Waals surface area contributed by atoms with Crippen LogP contribution in [0.2, 0.25) is 0 Å². The van der Waals surface area contributed by atoms with Crippen molar-refractivity contribution in [2.45, 2.75) is 13.0 Å². The Morgan fingerprint density at radius 1 is 1.10 bits per heavy atom. The van der Waals surface area contributed by atoms with Gasteiger partial charge in [0.15, 0.2) is 11.5 Å². The minimum Gasteiger partial charge on any atom is -0.486 e. The number of pyridine rings is 1. The summed E-state index contributed by atoms with van der Waals surface area (Å²) >= 11 is 3.38. The molecule has 0 saturated heterocycles. The fourth-order valence-corrected chi connectivity index (χ4v) is 2.62. The first-order valence-electron chi connectivity index (χ1n) is 7.02. The smallest absolute Gasteiger partial charge is 0.161 e. The van der Waals surface area contributed by atoms with Crippen LogP contribution in [0.4, 0.5) is 0 Å². The summed E-state index contributed by atoms with van der Waals surface area (Å²) in [7, 11) is 0. The molecule has 21 heavy (non-hydrogen) atoms. The molecule has 2 heterocycles. The molecular weight excluding hydrogens is 332 g/mol. The largest absolute Gasteiger partial charge is 0.486 e. The SMILES string of the molecule is Brc1cccc(CNCCc2ccc3c(c2)OCCO3)n1. The van der Waals surface area contributed by atoms with Crippen molar-refractivity contribution in [1.82, 2.24) is 10.3 Å². The maximum atomic E-state index is 5.59. The minimum atomic E-state index is 0.628. The van der Waals surface area contributed by atoms with Gasteiger partial charge in [-0.05, 0) is 58.7 Å². The highest BCUT2D eigenvalue weighted by atomic mass is 79.9. The molecule has 4 nitrogen and oxygen atoms in total. The Morgan fingerprint density at radius 3 is 2.81 bits per heavy atom.